The molecule has 8 nitrogen and oxygen atoms in total. The number of nitrogens with one attached hydrogen (secondary N) is 2. The molecule has 2 aromatic heterocycles. The minimum atomic E-state index is -0.0137. The van der Waals surface area contributed by atoms with Crippen molar-refractivity contribution < 1.29 is 4.79 Å². The number of amidine groups is 1. The third kappa shape index (κ3) is 4.08. The van der Waals surface area contributed by atoms with E-state index in [1.165, 1.54) is 0 Å². The van der Waals surface area contributed by atoms with E-state index < -0.39 is 0 Å². The lowest BCUT2D eigenvalue weighted by Gasteiger charge is -2.17. The predicted octanol–water partition coefficient (Wildman–Crippen LogP) is 4.97. The lowest BCUT2D eigenvalue weighted by atomic mass is 10.1. The maximum absolute atomic E-state index is 13.2. The van der Waals surface area contributed by atoms with Crippen LogP contribution in [0.25, 0.3) is 22.2 Å². The minimum absolute atomic E-state index is 0.0137. The number of benzene rings is 2. The van der Waals surface area contributed by atoms with E-state index in [4.69, 9.17) is 5.73 Å². The number of aryl methyl sites for hydroxylation is 1. The molecule has 1 aliphatic rings. The summed E-state index contributed by atoms with van der Waals surface area (Å²) in [5, 5.41) is 3.97. The number of hydrogen-bond donors (Lipinski definition) is 3. The molecule has 9 heteroatoms. The van der Waals surface area contributed by atoms with E-state index in [-0.39, 0.29) is 11.9 Å². The van der Waals surface area contributed by atoms with Gasteiger partial charge in [-0.15, -0.1) is 0 Å². The number of amides is 1. The molecule has 0 fully saturated rings. The van der Waals surface area contributed by atoms with Gasteiger partial charge >= 0.3 is 0 Å². The maximum Gasteiger partial charge on any atom is 0.259 e. The topological polar surface area (TPSA) is 112 Å². The van der Waals surface area contributed by atoms with Crippen LogP contribution in [0.3, 0.4) is 0 Å². The first kappa shape index (κ1) is 22.8. The van der Waals surface area contributed by atoms with Gasteiger partial charge in [0.1, 0.15) is 5.84 Å². The van der Waals surface area contributed by atoms with Gasteiger partial charge in [0, 0.05) is 46.1 Å². The summed E-state index contributed by atoms with van der Waals surface area (Å²) in [6.45, 7) is 4.36. The quantitative estimate of drug-likeness (QED) is 0.249. The van der Waals surface area contributed by atoms with Gasteiger partial charge in [-0.1, -0.05) is 34.1 Å². The Hall–Kier alpha value is -3.98. The van der Waals surface area contributed by atoms with Gasteiger partial charge in [-0.05, 0) is 49.2 Å². The normalized spacial score (nSPS) is 14.1. The van der Waals surface area contributed by atoms with Crippen molar-refractivity contribution in [3.05, 3.63) is 81.7 Å². The Morgan fingerprint density at radius 1 is 1.26 bits per heavy atom. The molecule has 5 rings (SSSR count). The van der Waals surface area contributed by atoms with Crippen molar-refractivity contribution in [2.75, 3.05) is 11.9 Å². The van der Waals surface area contributed by atoms with Crippen LogP contribution >= 0.6 is 15.9 Å². The van der Waals surface area contributed by atoms with Crippen molar-refractivity contribution >= 4 is 50.2 Å². The first-order chi connectivity index (χ1) is 16.9. The van der Waals surface area contributed by atoms with Gasteiger partial charge in [-0.25, -0.2) is 9.97 Å². The number of allylic oxidation sites excluding steroid dienone is 1. The van der Waals surface area contributed by atoms with Crippen molar-refractivity contribution in [1.29, 1.82) is 0 Å². The van der Waals surface area contributed by atoms with Crippen molar-refractivity contribution in [2.24, 2.45) is 10.7 Å². The fraction of sp³-hybridized carbons (Fsp3) is 0.154. The van der Waals surface area contributed by atoms with Crippen LogP contribution < -0.4 is 16.0 Å². The van der Waals surface area contributed by atoms with Crippen molar-refractivity contribution in [2.45, 2.75) is 20.4 Å². The minimum Gasteiger partial charge on any atom is -0.392 e. The number of carbonyl (C=O) groups is 1. The highest BCUT2D eigenvalue weighted by molar-refractivity contribution is 9.10. The van der Waals surface area contributed by atoms with Gasteiger partial charge in [-0.3, -0.25) is 4.79 Å². The molecule has 0 bridgehead atoms. The Bertz CT molecular complexity index is 1540. The summed E-state index contributed by atoms with van der Waals surface area (Å²) in [7, 11) is 1.82. The number of nitrogens with zero attached hydrogens (tertiary/aromatic N) is 4. The Morgan fingerprint density at radius 3 is 2.83 bits per heavy atom. The predicted molar refractivity (Wildman–Crippen MR) is 143 cm³/mol. The zero-order chi connectivity index (χ0) is 24.7. The molecule has 0 saturated heterocycles. The number of fused-ring (bicyclic) bond motifs is 2. The van der Waals surface area contributed by atoms with E-state index in [0.717, 1.165) is 54.7 Å². The second-order valence-electron chi connectivity index (χ2n) is 8.37. The molecule has 0 radical (unpaired) electrons. The first-order valence-electron chi connectivity index (χ1n) is 11.1. The standard InChI is InChI=1S/C26H24BrN7O/c1-14-11-31-26(32-22(28)10-15(2)29-3)33-23(14)18-12-30-24-16(18)6-5-9-21(24)34-13-19-17(25(34)35)7-4-8-20(19)27/h4-12,29-30H,13H2,1-3H3,(H2,28,31,32,33)/b15-10-. The summed E-state index contributed by atoms with van der Waals surface area (Å²) in [5.74, 6) is 0.579. The largest absolute Gasteiger partial charge is 0.392 e. The third-order valence-electron chi connectivity index (χ3n) is 6.10. The highest BCUT2D eigenvalue weighted by atomic mass is 79.9. The maximum atomic E-state index is 13.2. The van der Waals surface area contributed by atoms with E-state index >= 15 is 0 Å². The van der Waals surface area contributed by atoms with Crippen molar-refractivity contribution in [3.63, 3.8) is 0 Å². The summed E-state index contributed by atoms with van der Waals surface area (Å²) in [4.78, 5) is 31.7. The molecule has 0 aliphatic carbocycles. The van der Waals surface area contributed by atoms with E-state index in [9.17, 15) is 4.79 Å². The smallest absolute Gasteiger partial charge is 0.259 e. The summed E-state index contributed by atoms with van der Waals surface area (Å²) in [6, 6.07) is 11.7. The van der Waals surface area contributed by atoms with Crippen LogP contribution in [-0.2, 0) is 6.54 Å². The number of halogens is 1. The van der Waals surface area contributed by atoms with Crippen LogP contribution in [-0.4, -0.2) is 33.7 Å². The number of aliphatic imine (C=N–C) groups is 1. The second-order valence-corrected chi connectivity index (χ2v) is 9.23. The van der Waals surface area contributed by atoms with Gasteiger partial charge < -0.3 is 20.9 Å². The first-order valence-corrected chi connectivity index (χ1v) is 11.9. The van der Waals surface area contributed by atoms with Crippen LogP contribution in [0.15, 0.2) is 70.0 Å². The van der Waals surface area contributed by atoms with Crippen LogP contribution in [0.4, 0.5) is 11.6 Å². The molecule has 0 unspecified atom stereocenters. The number of aromatic nitrogens is 3. The van der Waals surface area contributed by atoms with Gasteiger partial charge in [0.25, 0.3) is 11.9 Å². The number of aromatic amines is 1. The average Bonchev–Trinajstić information content (AvgIpc) is 3.42. The molecule has 1 amide bonds. The Balaban J connectivity index is 1.56. The molecule has 4 aromatic rings. The van der Waals surface area contributed by atoms with Gasteiger partial charge in [0.15, 0.2) is 0 Å². The van der Waals surface area contributed by atoms with Crippen LogP contribution in [0.1, 0.15) is 28.4 Å². The summed E-state index contributed by atoms with van der Waals surface area (Å²) in [5.41, 5.74) is 12.9. The number of carbonyl (C=O) groups excluding carboxylic acids is 1. The zero-order valence-electron chi connectivity index (χ0n) is 19.6. The highest BCUT2D eigenvalue weighted by Crippen LogP contribution is 2.39. The number of rotatable bonds is 5. The second kappa shape index (κ2) is 8.99. The highest BCUT2D eigenvalue weighted by Gasteiger charge is 2.31. The van der Waals surface area contributed by atoms with Gasteiger partial charge in [0.2, 0.25) is 0 Å². The van der Waals surface area contributed by atoms with E-state index in [0.29, 0.717) is 12.4 Å². The summed E-state index contributed by atoms with van der Waals surface area (Å²) < 4.78 is 0.939. The van der Waals surface area contributed by atoms with Crippen LogP contribution in [0.2, 0.25) is 0 Å². The molecule has 0 atom stereocenters. The fourth-order valence-electron chi connectivity index (χ4n) is 4.25. The molecular weight excluding hydrogens is 506 g/mol. The fourth-order valence-corrected chi connectivity index (χ4v) is 4.74. The zero-order valence-corrected chi connectivity index (χ0v) is 21.1. The Labute approximate surface area is 211 Å². The molecule has 1 aliphatic heterocycles. The molecule has 35 heavy (non-hydrogen) atoms. The molecule has 176 valence electrons. The number of hydrogen-bond acceptors (Lipinski definition) is 5. The number of anilines is 1. The monoisotopic (exact) mass is 529 g/mol. The molecule has 2 aromatic carbocycles. The van der Waals surface area contributed by atoms with Crippen molar-refractivity contribution in [1.82, 2.24) is 20.3 Å². The number of H-pyrrole nitrogens is 1. The lowest BCUT2D eigenvalue weighted by Crippen LogP contribution is -2.23. The van der Waals surface area contributed by atoms with Crippen LogP contribution in [0.5, 0.6) is 0 Å². The van der Waals surface area contributed by atoms with E-state index in [1.54, 1.807) is 17.2 Å². The SMILES string of the molecule is CN/C(C)=C\C(N)=Nc1ncc(C)c(-c2c[nH]c3c(N4Cc5c(Br)cccc5C4=O)cccc23)n1. The number of nitrogens with two attached hydrogens (primary N) is 1. The third-order valence-corrected chi connectivity index (χ3v) is 6.84. The molecule has 3 heterocycles. The Kier molecular flexibility index (Phi) is 5.86. The van der Waals surface area contributed by atoms with Gasteiger partial charge in [-0.2, -0.15) is 4.99 Å². The van der Waals surface area contributed by atoms with E-state index in [2.05, 4.69) is 41.2 Å². The summed E-state index contributed by atoms with van der Waals surface area (Å²) >= 11 is 3.58. The molecular formula is C26H24BrN7O. The average molecular weight is 530 g/mol. The number of para-hydroxylation sites is 1. The summed E-state index contributed by atoms with van der Waals surface area (Å²) in [6.07, 6.45) is 5.38. The molecule has 0 spiro atoms. The lowest BCUT2D eigenvalue weighted by molar-refractivity contribution is 0.0997. The van der Waals surface area contributed by atoms with Crippen molar-refractivity contribution in [3.8, 4) is 11.3 Å². The van der Waals surface area contributed by atoms with E-state index in [1.807, 2.05) is 63.5 Å². The van der Waals surface area contributed by atoms with Gasteiger partial charge in [0.05, 0.1) is 23.4 Å². The molecule has 0 saturated carbocycles. The van der Waals surface area contributed by atoms with Crippen LogP contribution in [0, 0.1) is 6.92 Å². The Morgan fingerprint density at radius 2 is 2.06 bits per heavy atom. The molecule has 4 N–H and O–H groups in total.